The Bertz CT molecular complexity index is 1100. The molecule has 0 aliphatic rings. The molecule has 0 radical (unpaired) electrons. The number of Topliss-reactive ketones (excluding diaryl/α,β-unsaturated/α-hetero) is 1. The van der Waals surface area contributed by atoms with Gasteiger partial charge in [0, 0.05) is 23.9 Å². The number of ketones is 1. The Hall–Kier alpha value is -2.96. The fourth-order valence-electron chi connectivity index (χ4n) is 3.49. The van der Waals surface area contributed by atoms with Crippen LogP contribution in [0, 0.1) is 25.3 Å². The number of nitrogens with zero attached hydrogens (tertiary/aromatic N) is 1. The van der Waals surface area contributed by atoms with Crippen molar-refractivity contribution in [2.24, 2.45) is 0 Å². The second-order valence-corrected chi connectivity index (χ2v) is 13.6. The fraction of sp³-hybridized carbons (Fsp3) is 0.259. The Kier molecular flexibility index (Phi) is 6.69. The molecule has 0 saturated heterocycles. The molecule has 1 unspecified atom stereocenters. The number of hydrogen-bond acceptors (Lipinski definition) is 2. The van der Waals surface area contributed by atoms with Crippen LogP contribution in [-0.4, -0.2) is 18.8 Å². The van der Waals surface area contributed by atoms with E-state index < -0.39 is 8.07 Å². The average molecular weight is 412 g/mol. The number of carbonyl (C=O) groups excluding carboxylic acids is 1. The van der Waals surface area contributed by atoms with Gasteiger partial charge in [-0.1, -0.05) is 62.0 Å². The number of aryl methyl sites for hydroxylation is 2. The maximum absolute atomic E-state index is 13.5. The van der Waals surface area contributed by atoms with Crippen molar-refractivity contribution in [1.29, 1.82) is 0 Å². The van der Waals surface area contributed by atoms with Crippen molar-refractivity contribution >= 4 is 13.9 Å². The number of rotatable bonds is 5. The molecule has 0 bridgehead atoms. The summed E-state index contributed by atoms with van der Waals surface area (Å²) in [6, 6.07) is 20.3. The maximum atomic E-state index is 13.5. The molecule has 1 atom stereocenters. The van der Waals surface area contributed by atoms with Crippen molar-refractivity contribution < 1.29 is 4.79 Å². The van der Waals surface area contributed by atoms with E-state index in [0.717, 1.165) is 33.5 Å². The molecule has 0 N–H and O–H groups in total. The Balaban J connectivity index is 1.97. The highest BCUT2D eigenvalue weighted by Crippen LogP contribution is 2.29. The number of hydrogen-bond donors (Lipinski definition) is 0. The molecule has 30 heavy (non-hydrogen) atoms. The minimum absolute atomic E-state index is 0.191. The monoisotopic (exact) mass is 411 g/mol. The van der Waals surface area contributed by atoms with Gasteiger partial charge in [-0.15, -0.1) is 5.54 Å². The van der Waals surface area contributed by atoms with Gasteiger partial charge in [0.1, 0.15) is 13.9 Å². The molecule has 0 saturated carbocycles. The molecule has 1 aromatic heterocycles. The van der Waals surface area contributed by atoms with Crippen LogP contribution in [0.5, 0.6) is 0 Å². The normalized spacial score (nSPS) is 12.0. The minimum Gasteiger partial charge on any atom is -0.298 e. The standard InChI is InChI=1S/C27H29NOSi/c1-20-8-6-7-9-25(20)27(26(29)19-23-14-16-28-21(2)18-23)24-12-10-22(11-13-24)15-17-30(3,4)5/h6-14,16,18,27H,19H2,1-5H3. The molecule has 3 aromatic rings. The van der Waals surface area contributed by atoms with Crippen LogP contribution in [0.25, 0.3) is 0 Å². The summed E-state index contributed by atoms with van der Waals surface area (Å²) in [5.74, 6) is 3.19. The van der Waals surface area contributed by atoms with E-state index >= 15 is 0 Å². The second-order valence-electron chi connectivity index (χ2n) is 8.86. The molecule has 2 aromatic carbocycles. The van der Waals surface area contributed by atoms with Gasteiger partial charge < -0.3 is 0 Å². The summed E-state index contributed by atoms with van der Waals surface area (Å²) in [7, 11) is -1.42. The zero-order valence-corrected chi connectivity index (χ0v) is 19.5. The van der Waals surface area contributed by atoms with E-state index in [4.69, 9.17) is 0 Å². The summed E-state index contributed by atoms with van der Waals surface area (Å²) in [5, 5.41) is 0. The largest absolute Gasteiger partial charge is 0.298 e. The second kappa shape index (κ2) is 9.24. The number of pyridine rings is 1. The lowest BCUT2D eigenvalue weighted by Gasteiger charge is -2.19. The van der Waals surface area contributed by atoms with Crippen LogP contribution < -0.4 is 0 Å². The van der Waals surface area contributed by atoms with Gasteiger partial charge in [0.25, 0.3) is 0 Å². The third-order valence-corrected chi connectivity index (χ3v) is 5.86. The van der Waals surface area contributed by atoms with Gasteiger partial charge in [-0.25, -0.2) is 0 Å². The van der Waals surface area contributed by atoms with E-state index in [2.05, 4.69) is 67.3 Å². The van der Waals surface area contributed by atoms with Crippen LogP contribution >= 0.6 is 0 Å². The highest BCUT2D eigenvalue weighted by Gasteiger charge is 2.24. The first-order valence-corrected chi connectivity index (χ1v) is 13.9. The third kappa shape index (κ3) is 5.78. The van der Waals surface area contributed by atoms with E-state index in [1.807, 2.05) is 43.3 Å². The molecule has 3 rings (SSSR count). The van der Waals surface area contributed by atoms with Gasteiger partial charge in [-0.05, 0) is 60.4 Å². The third-order valence-electron chi connectivity index (χ3n) is 4.99. The van der Waals surface area contributed by atoms with Crippen LogP contribution in [0.15, 0.2) is 66.9 Å². The smallest absolute Gasteiger partial charge is 0.149 e. The summed E-state index contributed by atoms with van der Waals surface area (Å²) < 4.78 is 0. The molecule has 0 fully saturated rings. The SMILES string of the molecule is Cc1cc(CC(=O)C(c2ccc(C#C[Si](C)(C)C)cc2)c2ccccc2C)ccn1. The van der Waals surface area contributed by atoms with Crippen LogP contribution in [0.2, 0.25) is 19.6 Å². The first-order chi connectivity index (χ1) is 14.2. The highest BCUT2D eigenvalue weighted by molar-refractivity contribution is 6.83. The van der Waals surface area contributed by atoms with Crippen molar-refractivity contribution in [2.75, 3.05) is 0 Å². The average Bonchev–Trinajstić information content (AvgIpc) is 2.68. The fourth-order valence-corrected chi connectivity index (χ4v) is 4.00. The van der Waals surface area contributed by atoms with Gasteiger partial charge in [-0.2, -0.15) is 0 Å². The van der Waals surface area contributed by atoms with Crippen molar-refractivity contribution in [3.8, 4) is 11.5 Å². The van der Waals surface area contributed by atoms with Gasteiger partial charge in [-0.3, -0.25) is 9.78 Å². The van der Waals surface area contributed by atoms with E-state index in [-0.39, 0.29) is 11.7 Å². The summed E-state index contributed by atoms with van der Waals surface area (Å²) in [5.41, 5.74) is 9.54. The zero-order chi connectivity index (χ0) is 21.7. The maximum Gasteiger partial charge on any atom is 0.149 e. The molecule has 0 aliphatic heterocycles. The Labute approximate surface area is 181 Å². The number of carbonyl (C=O) groups is 1. The Morgan fingerprint density at radius 2 is 1.70 bits per heavy atom. The van der Waals surface area contributed by atoms with Crippen LogP contribution in [0.1, 0.15) is 39.4 Å². The minimum atomic E-state index is -1.42. The lowest BCUT2D eigenvalue weighted by molar-refractivity contribution is -0.119. The molecule has 2 nitrogen and oxygen atoms in total. The zero-order valence-electron chi connectivity index (χ0n) is 18.5. The molecule has 3 heteroatoms. The topological polar surface area (TPSA) is 30.0 Å². The number of benzene rings is 2. The highest BCUT2D eigenvalue weighted by atomic mass is 28.3. The summed E-state index contributed by atoms with van der Waals surface area (Å²) in [6.45, 7) is 10.7. The summed E-state index contributed by atoms with van der Waals surface area (Å²) in [4.78, 5) is 17.7. The van der Waals surface area contributed by atoms with Gasteiger partial charge >= 0.3 is 0 Å². The predicted molar refractivity (Wildman–Crippen MR) is 127 cm³/mol. The Morgan fingerprint density at radius 1 is 1.00 bits per heavy atom. The molecule has 0 amide bonds. The lowest BCUT2D eigenvalue weighted by atomic mass is 9.83. The molecular formula is C27H29NOSi. The summed E-state index contributed by atoms with van der Waals surface area (Å²) in [6.07, 6.45) is 2.16. The molecule has 152 valence electrons. The van der Waals surface area contributed by atoms with Crippen LogP contribution in [0.4, 0.5) is 0 Å². The quantitative estimate of drug-likeness (QED) is 0.388. The van der Waals surface area contributed by atoms with Gasteiger partial charge in [0.05, 0.1) is 5.92 Å². The van der Waals surface area contributed by atoms with Crippen molar-refractivity contribution in [3.05, 3.63) is 100 Å². The summed E-state index contributed by atoms with van der Waals surface area (Å²) >= 11 is 0. The van der Waals surface area contributed by atoms with Crippen LogP contribution in [-0.2, 0) is 11.2 Å². The first-order valence-electron chi connectivity index (χ1n) is 10.4. The van der Waals surface area contributed by atoms with E-state index in [1.165, 1.54) is 0 Å². The van der Waals surface area contributed by atoms with Gasteiger partial charge in [0.15, 0.2) is 0 Å². The van der Waals surface area contributed by atoms with Crippen LogP contribution in [0.3, 0.4) is 0 Å². The molecule has 0 spiro atoms. The molecular weight excluding hydrogens is 382 g/mol. The van der Waals surface area contributed by atoms with Gasteiger partial charge in [0.2, 0.25) is 0 Å². The van der Waals surface area contributed by atoms with Crippen molar-refractivity contribution in [1.82, 2.24) is 4.98 Å². The molecule has 1 heterocycles. The molecule has 0 aliphatic carbocycles. The lowest BCUT2D eigenvalue weighted by Crippen LogP contribution is -2.18. The predicted octanol–water partition coefficient (Wildman–Crippen LogP) is 5.87. The number of aromatic nitrogens is 1. The van der Waals surface area contributed by atoms with E-state index in [1.54, 1.807) is 6.20 Å². The Morgan fingerprint density at radius 3 is 2.33 bits per heavy atom. The first kappa shape index (κ1) is 21.7. The van der Waals surface area contributed by atoms with E-state index in [9.17, 15) is 4.79 Å². The van der Waals surface area contributed by atoms with Crippen molar-refractivity contribution in [3.63, 3.8) is 0 Å². The van der Waals surface area contributed by atoms with E-state index in [0.29, 0.717) is 6.42 Å². The van der Waals surface area contributed by atoms with Crippen molar-refractivity contribution in [2.45, 2.75) is 45.8 Å².